The number of hydrogen-bond acceptors (Lipinski definition) is 1. The van der Waals surface area contributed by atoms with Crippen molar-refractivity contribution in [2.75, 3.05) is 0 Å². The van der Waals surface area contributed by atoms with Gasteiger partial charge in [0.25, 0.3) is 0 Å². The van der Waals surface area contributed by atoms with Gasteiger partial charge in [-0.1, -0.05) is 34.8 Å². The van der Waals surface area contributed by atoms with Gasteiger partial charge in [0.05, 0.1) is 0 Å². The van der Waals surface area contributed by atoms with Crippen LogP contribution < -0.4 is 0 Å². The lowest BCUT2D eigenvalue weighted by Gasteiger charge is -2.18. The van der Waals surface area contributed by atoms with Crippen LogP contribution in [-0.4, -0.2) is 11.3 Å². The zero-order chi connectivity index (χ0) is 13.4. The van der Waals surface area contributed by atoms with Crippen LogP contribution in [0.2, 0.25) is 10.0 Å². The predicted octanol–water partition coefficient (Wildman–Crippen LogP) is 5.40. The Balaban J connectivity index is 3.46. The third-order valence-corrected chi connectivity index (χ3v) is 3.07. The highest BCUT2D eigenvalue weighted by atomic mass is 35.5. The Hall–Kier alpha value is -0.160. The van der Waals surface area contributed by atoms with E-state index in [0.717, 1.165) is 12.1 Å². The minimum absolute atomic E-state index is 0.0743. The van der Waals surface area contributed by atoms with Crippen molar-refractivity contribution in [2.45, 2.75) is 11.6 Å². The van der Waals surface area contributed by atoms with Gasteiger partial charge in [0.1, 0.15) is 5.17 Å². The molecule has 94 valence electrons. The lowest BCUT2D eigenvalue weighted by molar-refractivity contribution is -0.131. The summed E-state index contributed by atoms with van der Waals surface area (Å²) in [5, 5.41) is 4.02. The Morgan fingerprint density at radius 2 is 1.76 bits per heavy atom. The summed E-state index contributed by atoms with van der Waals surface area (Å²) in [6.45, 7) is 0. The highest BCUT2D eigenvalue weighted by Crippen LogP contribution is 2.43. The minimum Gasteiger partial charge on any atom is -0.289 e. The molecule has 0 aliphatic rings. The molecule has 0 amide bonds. The van der Waals surface area contributed by atoms with Crippen LogP contribution in [0.5, 0.6) is 0 Å². The summed E-state index contributed by atoms with van der Waals surface area (Å²) < 4.78 is 37.6. The van der Waals surface area contributed by atoms with Crippen molar-refractivity contribution in [1.29, 1.82) is 5.41 Å². The first-order chi connectivity index (χ1) is 7.64. The van der Waals surface area contributed by atoms with Crippen molar-refractivity contribution in [1.82, 2.24) is 0 Å². The number of hydrogen-bond donors (Lipinski definition) is 1. The first kappa shape index (κ1) is 14.9. The van der Waals surface area contributed by atoms with Gasteiger partial charge in [-0.25, -0.2) is 0 Å². The molecule has 0 aliphatic carbocycles. The Morgan fingerprint density at radius 1 is 1.24 bits per heavy atom. The van der Waals surface area contributed by atoms with Crippen LogP contribution in [0.25, 0.3) is 0 Å². The van der Waals surface area contributed by atoms with Crippen LogP contribution in [0.4, 0.5) is 13.2 Å². The summed E-state index contributed by atoms with van der Waals surface area (Å²) in [6.07, 6.45) is -4.69. The molecule has 1 unspecified atom stereocenters. The van der Waals surface area contributed by atoms with E-state index in [2.05, 4.69) is 0 Å². The summed E-state index contributed by atoms with van der Waals surface area (Å²) >= 11 is 21.9. The zero-order valence-electron chi connectivity index (χ0n) is 7.88. The molecule has 0 heterocycles. The maximum atomic E-state index is 12.5. The second-order valence-electron chi connectivity index (χ2n) is 3.07. The smallest absolute Gasteiger partial charge is 0.289 e. The number of benzene rings is 1. The molecule has 0 fully saturated rings. The first-order valence-corrected chi connectivity index (χ1v) is 5.65. The third kappa shape index (κ3) is 3.41. The van der Waals surface area contributed by atoms with Crippen molar-refractivity contribution in [3.63, 3.8) is 0 Å². The van der Waals surface area contributed by atoms with Gasteiger partial charge in [-0.15, -0.1) is 11.6 Å². The van der Waals surface area contributed by atoms with E-state index in [1.807, 2.05) is 0 Å². The summed E-state index contributed by atoms with van der Waals surface area (Å²) in [5.41, 5.74) is -0.702. The average Bonchev–Trinajstić information content (AvgIpc) is 2.13. The number of nitrogens with one attached hydrogen (secondary N) is 1. The molecule has 17 heavy (non-hydrogen) atoms. The van der Waals surface area contributed by atoms with Gasteiger partial charge in [0, 0.05) is 21.2 Å². The van der Waals surface area contributed by atoms with Crippen molar-refractivity contribution in [3.05, 3.63) is 33.3 Å². The molecule has 0 saturated carbocycles. The van der Waals surface area contributed by atoms with Crippen LogP contribution >= 0.6 is 46.4 Å². The van der Waals surface area contributed by atoms with Crippen LogP contribution in [0.3, 0.4) is 0 Å². The van der Waals surface area contributed by atoms with E-state index in [0.29, 0.717) is 0 Å². The molecule has 1 atom stereocenters. The molecule has 1 nitrogen and oxygen atoms in total. The van der Waals surface area contributed by atoms with Crippen molar-refractivity contribution in [3.8, 4) is 0 Å². The second-order valence-corrected chi connectivity index (χ2v) is 4.73. The molecule has 1 N–H and O–H groups in total. The fraction of sp³-hybridized carbons (Fsp3) is 0.222. The third-order valence-electron chi connectivity index (χ3n) is 1.87. The second kappa shape index (κ2) is 5.22. The summed E-state index contributed by atoms with van der Waals surface area (Å²) in [5.74, 6) is 0. The molecular formula is C9H4Cl4F3N. The van der Waals surface area contributed by atoms with Crippen LogP contribution in [0.15, 0.2) is 12.1 Å². The highest BCUT2D eigenvalue weighted by Gasteiger charge is 2.42. The number of rotatable bonds is 2. The lowest BCUT2D eigenvalue weighted by atomic mass is 10.0. The molecule has 8 heteroatoms. The molecule has 0 saturated heterocycles. The van der Waals surface area contributed by atoms with Crippen molar-refractivity contribution < 1.29 is 13.2 Å². The Labute approximate surface area is 115 Å². The topological polar surface area (TPSA) is 23.9 Å². The van der Waals surface area contributed by atoms with E-state index in [4.69, 9.17) is 51.8 Å². The van der Waals surface area contributed by atoms with E-state index in [1.165, 1.54) is 0 Å². The monoisotopic (exact) mass is 323 g/mol. The quantitative estimate of drug-likeness (QED) is 0.556. The van der Waals surface area contributed by atoms with Gasteiger partial charge in [-0.2, -0.15) is 13.2 Å². The summed E-state index contributed by atoms with van der Waals surface area (Å²) in [6, 6.07) is 2.22. The van der Waals surface area contributed by atoms with Gasteiger partial charge in [-0.3, -0.25) is 5.41 Å². The SMILES string of the molecule is N=C(Cl)c1cc(Cl)cc(Cl)c1C(Cl)C(F)(F)F. The van der Waals surface area contributed by atoms with Crippen LogP contribution in [0.1, 0.15) is 16.5 Å². The lowest BCUT2D eigenvalue weighted by Crippen LogP contribution is -2.18. The van der Waals surface area contributed by atoms with Crippen LogP contribution in [-0.2, 0) is 0 Å². The zero-order valence-corrected chi connectivity index (χ0v) is 10.9. The van der Waals surface area contributed by atoms with Crippen molar-refractivity contribution in [2.24, 2.45) is 0 Å². The number of halogens is 7. The molecule has 0 aliphatic heterocycles. The van der Waals surface area contributed by atoms with E-state index >= 15 is 0 Å². The van der Waals surface area contributed by atoms with E-state index < -0.39 is 22.3 Å². The molecule has 0 spiro atoms. The molecule has 0 radical (unpaired) electrons. The van der Waals surface area contributed by atoms with Gasteiger partial charge in [-0.05, 0) is 12.1 Å². The predicted molar refractivity (Wildman–Crippen MR) is 63.8 cm³/mol. The van der Waals surface area contributed by atoms with Crippen LogP contribution in [0, 0.1) is 5.41 Å². The fourth-order valence-electron chi connectivity index (χ4n) is 1.19. The van der Waals surface area contributed by atoms with E-state index in [-0.39, 0.29) is 15.6 Å². The molecule has 1 aromatic carbocycles. The first-order valence-electron chi connectivity index (χ1n) is 4.08. The minimum atomic E-state index is -4.69. The Kier molecular flexibility index (Phi) is 4.58. The largest absolute Gasteiger partial charge is 0.409 e. The molecular weight excluding hydrogens is 321 g/mol. The van der Waals surface area contributed by atoms with Gasteiger partial charge < -0.3 is 0 Å². The van der Waals surface area contributed by atoms with E-state index in [9.17, 15) is 13.2 Å². The van der Waals surface area contributed by atoms with Gasteiger partial charge in [0.2, 0.25) is 0 Å². The molecule has 0 aromatic heterocycles. The average molecular weight is 325 g/mol. The molecule has 1 rings (SSSR count). The Bertz CT molecular complexity index is 458. The molecule has 0 bridgehead atoms. The number of alkyl halides is 4. The maximum absolute atomic E-state index is 12.5. The van der Waals surface area contributed by atoms with E-state index in [1.54, 1.807) is 0 Å². The molecule has 1 aromatic rings. The normalized spacial score (nSPS) is 13.6. The van der Waals surface area contributed by atoms with Gasteiger partial charge >= 0.3 is 6.18 Å². The summed E-state index contributed by atoms with van der Waals surface area (Å²) in [7, 11) is 0. The maximum Gasteiger partial charge on any atom is 0.409 e. The van der Waals surface area contributed by atoms with Crippen molar-refractivity contribution >= 4 is 51.6 Å². The van der Waals surface area contributed by atoms with Gasteiger partial charge in [0.15, 0.2) is 5.38 Å². The Morgan fingerprint density at radius 3 is 2.18 bits per heavy atom. The highest BCUT2D eigenvalue weighted by molar-refractivity contribution is 6.69. The fourth-order valence-corrected chi connectivity index (χ4v) is 2.24. The summed E-state index contributed by atoms with van der Waals surface area (Å²) in [4.78, 5) is 0. The standard InChI is InChI=1S/C9H4Cl4F3N/c10-3-1-4(8(13)17)6(5(11)2-3)7(12)9(14,15)16/h1-2,7,17H.